The van der Waals surface area contributed by atoms with E-state index in [1.54, 1.807) is 18.2 Å². The number of aliphatic hydroxyl groups is 2. The zero-order chi connectivity index (χ0) is 37.6. The van der Waals surface area contributed by atoms with Crippen LogP contribution in [0.25, 0.3) is 5.70 Å². The predicted molar refractivity (Wildman–Crippen MR) is 196 cm³/mol. The SMILES string of the molecule is COc1nc(O[C@@H]2Cc3c4ccc[c]3[In]2[c]2cccc(c2Cl)C(=O)NC2=NC3=NC4=C2[C@@H]3NC[C@@H](O)CC(=O)O)c(Cl)cc1CNC[C@@H](O)CC(=O)O. The van der Waals surface area contributed by atoms with Crippen LogP contribution in [-0.2, 0) is 22.6 Å². The third kappa shape index (κ3) is 7.41. The summed E-state index contributed by atoms with van der Waals surface area (Å²) in [6.45, 7) is 0.178. The number of fused-ring (bicyclic) bond motifs is 5. The third-order valence-corrected chi connectivity index (χ3v) is 20.6. The number of amides is 1. The second kappa shape index (κ2) is 15.4. The van der Waals surface area contributed by atoms with Gasteiger partial charge in [-0.3, -0.25) is 4.79 Å². The molecular formula is C35H33Cl2InN6O9. The molecule has 0 fully saturated rings. The average molecular weight is 867 g/mol. The Morgan fingerprint density at radius 3 is 2.42 bits per heavy atom. The number of nitrogens with zero attached hydrogens (tertiary/aromatic N) is 3. The van der Waals surface area contributed by atoms with E-state index in [2.05, 4.69) is 32.0 Å². The van der Waals surface area contributed by atoms with Crippen molar-refractivity contribution >= 4 is 86.5 Å². The van der Waals surface area contributed by atoms with Crippen LogP contribution in [0.3, 0.4) is 0 Å². The summed E-state index contributed by atoms with van der Waals surface area (Å²) in [5.74, 6) is -1.64. The van der Waals surface area contributed by atoms with E-state index in [9.17, 15) is 24.6 Å². The predicted octanol–water partition coefficient (Wildman–Crippen LogP) is 0.547. The first-order valence-corrected chi connectivity index (χ1v) is 22.7. The molecule has 5 heterocycles. The Morgan fingerprint density at radius 2 is 1.70 bits per heavy atom. The second-order valence-electron chi connectivity index (χ2n) is 13.0. The topological polar surface area (TPSA) is 224 Å². The minimum absolute atomic E-state index is 0.0303. The van der Waals surface area contributed by atoms with Gasteiger partial charge in [0.15, 0.2) is 0 Å². The number of pyridine rings is 1. The molecule has 7 N–H and O–H groups in total. The minimum atomic E-state index is -3.42. The van der Waals surface area contributed by atoms with Crippen molar-refractivity contribution < 1.29 is 44.3 Å². The fourth-order valence-electron chi connectivity index (χ4n) is 7.19. The van der Waals surface area contributed by atoms with Crippen molar-refractivity contribution in [2.24, 2.45) is 9.98 Å². The fourth-order valence-corrected chi connectivity index (χ4v) is 18.6. The number of halogens is 2. The van der Waals surface area contributed by atoms with Crippen molar-refractivity contribution in [1.82, 2.24) is 20.9 Å². The maximum absolute atomic E-state index is 13.8. The van der Waals surface area contributed by atoms with Gasteiger partial charge in [0.2, 0.25) is 0 Å². The molecule has 0 radical (unpaired) electrons. The molecule has 4 aliphatic rings. The smallest absolute Gasteiger partial charge is 0.481 e. The molecule has 2 aromatic carbocycles. The average Bonchev–Trinajstić information content (AvgIpc) is 3.75. The molecule has 0 unspecified atom stereocenters. The first kappa shape index (κ1) is 37.3. The summed E-state index contributed by atoms with van der Waals surface area (Å²) in [6, 6.07) is 12.4. The summed E-state index contributed by atoms with van der Waals surface area (Å²) in [7, 11) is 1.46. The summed E-state index contributed by atoms with van der Waals surface area (Å²) in [5, 5.41) is 47.9. The van der Waals surface area contributed by atoms with Crippen molar-refractivity contribution in [3.63, 3.8) is 0 Å². The summed E-state index contributed by atoms with van der Waals surface area (Å²) in [5.41, 5.74) is 3.89. The fraction of sp³-hybridized carbons (Fsp3) is 0.314. The molecule has 8 bridgehead atoms. The molecule has 0 saturated heterocycles. The molecule has 15 nitrogen and oxygen atoms in total. The van der Waals surface area contributed by atoms with E-state index in [1.807, 2.05) is 18.2 Å². The van der Waals surface area contributed by atoms with Gasteiger partial charge in [0, 0.05) is 0 Å². The number of carboxylic acid groups (broad SMARTS) is 2. The normalized spacial score (nSPS) is 19.2. The number of aromatic nitrogens is 1. The van der Waals surface area contributed by atoms with E-state index in [1.165, 1.54) is 7.11 Å². The Labute approximate surface area is 320 Å². The monoisotopic (exact) mass is 866 g/mol. The molecule has 1 aromatic heterocycles. The van der Waals surface area contributed by atoms with Crippen LogP contribution in [0.1, 0.15) is 39.9 Å². The number of amidine groups is 2. The number of ether oxygens (including phenoxy) is 2. The van der Waals surface area contributed by atoms with E-state index in [0.717, 1.165) is 17.8 Å². The van der Waals surface area contributed by atoms with Gasteiger partial charge in [0.05, 0.1) is 0 Å². The first-order chi connectivity index (χ1) is 25.4. The van der Waals surface area contributed by atoms with Gasteiger partial charge in [-0.2, -0.15) is 0 Å². The van der Waals surface area contributed by atoms with E-state index >= 15 is 0 Å². The number of aliphatic hydroxyl groups excluding tert-OH is 2. The molecule has 18 heteroatoms. The van der Waals surface area contributed by atoms with E-state index in [0.29, 0.717) is 39.9 Å². The van der Waals surface area contributed by atoms with Gasteiger partial charge < -0.3 is 5.11 Å². The van der Waals surface area contributed by atoms with E-state index in [-0.39, 0.29) is 42.0 Å². The summed E-state index contributed by atoms with van der Waals surface area (Å²) in [4.78, 5) is 49.9. The Kier molecular flexibility index (Phi) is 10.8. The summed E-state index contributed by atoms with van der Waals surface area (Å²) >= 11 is 10.5. The summed E-state index contributed by atoms with van der Waals surface area (Å²) < 4.78 is 13.9. The Bertz CT molecular complexity index is 2130. The van der Waals surface area contributed by atoms with Crippen molar-refractivity contribution in [1.29, 1.82) is 0 Å². The second-order valence-corrected chi connectivity index (χ2v) is 22.2. The number of carboxylic acids is 2. The van der Waals surface area contributed by atoms with Crippen LogP contribution in [0.2, 0.25) is 10.0 Å². The molecule has 7 rings (SSSR count). The maximum atomic E-state index is 13.8. The van der Waals surface area contributed by atoms with Crippen LogP contribution in [0.5, 0.6) is 11.8 Å². The van der Waals surface area contributed by atoms with Gasteiger partial charge in [-0.05, 0) is 0 Å². The van der Waals surface area contributed by atoms with Crippen LogP contribution >= 0.6 is 23.2 Å². The van der Waals surface area contributed by atoms with E-state index < -0.39 is 74.2 Å². The first-order valence-electron chi connectivity index (χ1n) is 16.7. The van der Waals surface area contributed by atoms with Crippen LogP contribution in [0, 0.1) is 0 Å². The molecule has 274 valence electrons. The van der Waals surface area contributed by atoms with Gasteiger partial charge in [0.25, 0.3) is 0 Å². The number of carbonyl (C=O) groups is 3. The van der Waals surface area contributed by atoms with Gasteiger partial charge >= 0.3 is 312 Å². The molecule has 3 aromatic rings. The molecule has 0 saturated carbocycles. The van der Waals surface area contributed by atoms with Gasteiger partial charge in [0.1, 0.15) is 0 Å². The summed E-state index contributed by atoms with van der Waals surface area (Å²) in [6.07, 6.45) is -2.62. The Hall–Kier alpha value is -4.03. The van der Waals surface area contributed by atoms with Crippen molar-refractivity contribution in [2.75, 3.05) is 20.2 Å². The van der Waals surface area contributed by atoms with E-state index in [4.69, 9.17) is 47.9 Å². The molecule has 0 aliphatic carbocycles. The molecular weight excluding hydrogens is 834 g/mol. The Morgan fingerprint density at radius 1 is 1.00 bits per heavy atom. The van der Waals surface area contributed by atoms with Gasteiger partial charge in [-0.25, -0.2) is 0 Å². The standard InChI is InChI=1S/C35H33Cl2N6O9.In/c1-51-34-19(15-38-16-20(44)13-26(46)47)12-25(37)35(43-34)52-11-10-18-6-2-3-7-22(18)29-28-30(39-17-21(45)14-27(48)49)32(40-29)41-31(28)42-33(50)23-8-4-5-9-24(23)36;/h2-5,7-8,11-12,20-21,30,38-39,44-45H,10,13-17H2,1H3,(H,46,47)(H,48,49)(H,40,41,42,50);/t20-,21-,30-;/m0./s1. The molecule has 4 atom stereocenters. The molecule has 53 heavy (non-hydrogen) atoms. The molecule has 0 spiro atoms. The van der Waals surface area contributed by atoms with Crippen LogP contribution in [0.15, 0.2) is 58.0 Å². The number of rotatable bonds is 14. The van der Waals surface area contributed by atoms with Gasteiger partial charge in [-0.1, -0.05) is 0 Å². The van der Waals surface area contributed by atoms with Gasteiger partial charge in [-0.15, -0.1) is 0 Å². The zero-order valence-corrected chi connectivity index (χ0v) is 32.9. The Balaban J connectivity index is 1.25. The zero-order valence-electron chi connectivity index (χ0n) is 28.1. The minimum Gasteiger partial charge on any atom is -0.481 e. The number of methoxy groups -OCH3 is 1. The van der Waals surface area contributed by atoms with Crippen LogP contribution in [-0.4, -0.2) is 119 Å². The number of hydrogen-bond acceptors (Lipinski definition) is 12. The number of aliphatic imine (C=N–C) groups is 2. The van der Waals surface area contributed by atoms with Crippen molar-refractivity contribution in [2.45, 2.75) is 47.9 Å². The van der Waals surface area contributed by atoms with Crippen LogP contribution < -0.4 is 32.1 Å². The number of benzene rings is 2. The number of aliphatic carboxylic acids is 2. The molecule has 4 aliphatic heterocycles. The number of hydrogen-bond donors (Lipinski definition) is 7. The molecule has 1 amide bonds. The number of carbonyl (C=O) groups excluding carboxylic acids is 1. The van der Waals surface area contributed by atoms with Crippen molar-refractivity contribution in [3.8, 4) is 11.8 Å². The number of nitrogens with one attached hydrogen (secondary N) is 3. The third-order valence-electron chi connectivity index (χ3n) is 9.44. The van der Waals surface area contributed by atoms with Crippen LogP contribution in [0.4, 0.5) is 0 Å². The quantitative estimate of drug-likeness (QED) is 0.118. The van der Waals surface area contributed by atoms with Crippen molar-refractivity contribution in [3.05, 3.63) is 80.3 Å².